The quantitative estimate of drug-likeness (QED) is 0.101. The van der Waals surface area contributed by atoms with Crippen molar-refractivity contribution in [3.8, 4) is 24.3 Å². The van der Waals surface area contributed by atoms with Crippen LogP contribution in [0.1, 0.15) is 36.8 Å². The minimum absolute atomic E-state index is 0.0447. The molecule has 1 aliphatic carbocycles. The van der Waals surface area contributed by atoms with Crippen LogP contribution in [0.3, 0.4) is 0 Å². The molecule has 256 valence electrons. The van der Waals surface area contributed by atoms with Gasteiger partial charge in [-0.25, -0.2) is 14.9 Å². The topological polar surface area (TPSA) is 155 Å². The molecule has 2 aromatic rings. The fraction of sp³-hybridized carbons (Fsp3) is 0.238. The molecule has 0 bridgehead atoms. The molecule has 0 saturated carbocycles. The highest BCUT2D eigenvalue weighted by Gasteiger charge is 2.29. The van der Waals surface area contributed by atoms with Gasteiger partial charge in [-0.1, -0.05) is 91.0 Å². The molecule has 1 amide bonds. The third-order valence-electron chi connectivity index (χ3n) is 8.70. The number of benzene rings is 2. The number of rotatable bonds is 11. The molecule has 0 radical (unpaired) electrons. The lowest BCUT2D eigenvalue weighted by Crippen LogP contribution is -2.48. The minimum Gasteiger partial charge on any atom is -0.762 e. The maximum absolute atomic E-state index is 12.4. The third kappa shape index (κ3) is 9.09. The largest absolute Gasteiger partial charge is 0.762 e. The Kier molecular flexibility index (Phi) is 13.9. The summed E-state index contributed by atoms with van der Waals surface area (Å²) in [6, 6.07) is 26.3. The molecular formula is C42H35N8O2-. The molecule has 4 rings (SSSR count). The molecule has 10 heteroatoms. The average Bonchev–Trinajstić information content (AvgIpc) is 3.59. The van der Waals surface area contributed by atoms with Crippen molar-refractivity contribution in [3.05, 3.63) is 159 Å². The molecule has 0 spiro atoms. The first-order chi connectivity index (χ1) is 25.4. The Bertz CT molecular complexity index is 2080. The number of nitriles is 4. The number of amides is 1. The van der Waals surface area contributed by atoms with Gasteiger partial charge in [0.05, 0.1) is 48.5 Å². The van der Waals surface area contributed by atoms with Crippen LogP contribution in [0.5, 0.6) is 0 Å². The average molecular weight is 684 g/mol. The first kappa shape index (κ1) is 37.7. The summed E-state index contributed by atoms with van der Waals surface area (Å²) in [5, 5.41) is 49.3. The lowest BCUT2D eigenvalue weighted by molar-refractivity contribution is 0.0873. The van der Waals surface area contributed by atoms with Gasteiger partial charge in [-0.15, -0.1) is 0 Å². The molecule has 2 unspecified atom stereocenters. The zero-order chi connectivity index (χ0) is 37.3. The zero-order valence-corrected chi connectivity index (χ0v) is 28.7. The van der Waals surface area contributed by atoms with E-state index in [0.717, 1.165) is 16.8 Å². The standard InChI is InChI=1S/C42H35N8O2/c1-3-52-42(51)50-24-22-49(23-25-50)41-33(16-10-18-35(26-43)39(37(28-45)29-46)31-12-6-4-7-13-31)20-21-34(41)17-11-19-36(27-44)40(38(30-47)48-2)32-14-8-5-9-15-32/h4-19,35,39H,3,20-25H2,1H3/q-1/b17-11+,18-10+,33-16+,36-19+,40-38+. The van der Waals surface area contributed by atoms with E-state index < -0.39 is 11.8 Å². The van der Waals surface area contributed by atoms with Crippen LogP contribution in [-0.2, 0) is 4.74 Å². The van der Waals surface area contributed by atoms with Crippen molar-refractivity contribution >= 4 is 17.5 Å². The van der Waals surface area contributed by atoms with E-state index in [4.69, 9.17) is 11.3 Å². The Morgan fingerprint density at radius 2 is 1.65 bits per heavy atom. The molecule has 10 nitrogen and oxygen atoms in total. The number of hydrogen-bond acceptors (Lipinski definition) is 7. The van der Waals surface area contributed by atoms with Gasteiger partial charge in [-0.3, -0.25) is 5.87 Å². The van der Waals surface area contributed by atoms with Crippen LogP contribution in [0.4, 0.5) is 4.79 Å². The number of ether oxygens (including phenoxy) is 1. The Hall–Kier alpha value is -7.15. The van der Waals surface area contributed by atoms with Crippen molar-refractivity contribution in [2.75, 3.05) is 32.8 Å². The normalized spacial score (nSPS) is 16.9. The molecule has 1 saturated heterocycles. The van der Waals surface area contributed by atoms with E-state index in [1.807, 2.05) is 54.4 Å². The molecule has 0 N–H and O–H groups in total. The Morgan fingerprint density at radius 1 is 0.962 bits per heavy atom. The number of hydrogen-bond donors (Lipinski definition) is 0. The van der Waals surface area contributed by atoms with Crippen molar-refractivity contribution in [2.45, 2.75) is 25.7 Å². The second-order valence-electron chi connectivity index (χ2n) is 11.7. The van der Waals surface area contributed by atoms with Gasteiger partial charge in [0, 0.05) is 43.4 Å². The van der Waals surface area contributed by atoms with E-state index in [9.17, 15) is 31.3 Å². The zero-order valence-electron chi connectivity index (χ0n) is 28.7. The number of piperazine rings is 1. The van der Waals surface area contributed by atoms with Crippen LogP contribution >= 0.6 is 0 Å². The second kappa shape index (κ2) is 19.1. The summed E-state index contributed by atoms with van der Waals surface area (Å²) in [5.74, 6) is 0.479. The highest BCUT2D eigenvalue weighted by Crippen LogP contribution is 2.37. The summed E-state index contributed by atoms with van der Waals surface area (Å²) in [4.78, 5) is 19.7. The minimum atomic E-state index is -0.773. The number of allylic oxidation sites excluding steroid dienone is 12. The Balaban J connectivity index is 1.73. The van der Waals surface area contributed by atoms with Crippen molar-refractivity contribution in [3.63, 3.8) is 0 Å². The van der Waals surface area contributed by atoms with Crippen LogP contribution in [0.15, 0.2) is 131 Å². The molecule has 52 heavy (non-hydrogen) atoms. The van der Waals surface area contributed by atoms with Gasteiger partial charge >= 0.3 is 6.09 Å². The predicted molar refractivity (Wildman–Crippen MR) is 198 cm³/mol. The highest BCUT2D eigenvalue weighted by atomic mass is 16.6. The summed E-state index contributed by atoms with van der Waals surface area (Å²) in [7, 11) is 0. The molecule has 0 aromatic heterocycles. The van der Waals surface area contributed by atoms with Crippen LogP contribution in [-0.4, -0.2) is 54.5 Å². The number of carbonyl (C=O) groups excluding carboxylic acids is 1. The van der Waals surface area contributed by atoms with E-state index in [2.05, 4.69) is 21.9 Å². The SMILES string of the molecule is [C-]#[N+]/C(C#N)=C(/C(C#N)=C/C=C/C1=C(N2CCN(C(=O)OCC)CC2)C(=C/C=C/C(C#N)C(C(=C=[N-])C#N)c2ccccc2)/CC1)c1ccccc1. The van der Waals surface area contributed by atoms with E-state index in [1.165, 1.54) is 0 Å². The number of carbonyl (C=O) groups is 1. The van der Waals surface area contributed by atoms with Gasteiger partial charge in [0.2, 0.25) is 0 Å². The number of nitrogens with zero attached hydrogens (tertiary/aromatic N) is 8. The van der Waals surface area contributed by atoms with Gasteiger partial charge in [0.25, 0.3) is 5.70 Å². The van der Waals surface area contributed by atoms with E-state index >= 15 is 0 Å². The molecule has 2 aromatic carbocycles. The highest BCUT2D eigenvalue weighted by molar-refractivity contribution is 5.88. The Labute approximate surface area is 304 Å². The van der Waals surface area contributed by atoms with E-state index in [0.29, 0.717) is 56.8 Å². The van der Waals surface area contributed by atoms with Crippen LogP contribution in [0.2, 0.25) is 0 Å². The maximum Gasteiger partial charge on any atom is 0.409 e. The molecule has 2 atom stereocenters. The third-order valence-corrected chi connectivity index (χ3v) is 8.70. The van der Waals surface area contributed by atoms with Gasteiger partial charge in [-0.05, 0) is 48.1 Å². The van der Waals surface area contributed by atoms with Crippen LogP contribution < -0.4 is 0 Å². The van der Waals surface area contributed by atoms with E-state index in [1.54, 1.807) is 72.5 Å². The summed E-state index contributed by atoms with van der Waals surface area (Å²) in [5.41, 5.74) is 4.49. The van der Waals surface area contributed by atoms with Crippen molar-refractivity contribution < 1.29 is 9.53 Å². The van der Waals surface area contributed by atoms with Crippen LogP contribution in [0.25, 0.3) is 15.8 Å². The summed E-state index contributed by atoms with van der Waals surface area (Å²) < 4.78 is 5.21. The maximum atomic E-state index is 12.4. The molecule has 1 fully saturated rings. The van der Waals surface area contributed by atoms with Crippen molar-refractivity contribution in [1.29, 1.82) is 21.0 Å². The fourth-order valence-corrected chi connectivity index (χ4v) is 6.27. The van der Waals surface area contributed by atoms with Crippen molar-refractivity contribution in [1.82, 2.24) is 9.80 Å². The van der Waals surface area contributed by atoms with Gasteiger partial charge in [0.15, 0.2) is 0 Å². The monoisotopic (exact) mass is 683 g/mol. The summed E-state index contributed by atoms with van der Waals surface area (Å²) >= 11 is 0. The smallest absolute Gasteiger partial charge is 0.409 e. The predicted octanol–water partition coefficient (Wildman–Crippen LogP) is 7.76. The molecule has 1 aliphatic heterocycles. The molecular weight excluding hydrogens is 649 g/mol. The first-order valence-electron chi connectivity index (χ1n) is 16.7. The lowest BCUT2D eigenvalue weighted by Gasteiger charge is -2.37. The van der Waals surface area contributed by atoms with Crippen LogP contribution in [0, 0.1) is 57.8 Å². The lowest BCUT2D eigenvalue weighted by atomic mass is 9.81. The van der Waals surface area contributed by atoms with Gasteiger partial charge < -0.3 is 19.9 Å². The first-order valence-corrected chi connectivity index (χ1v) is 16.7. The molecule has 2 aliphatic rings. The molecule has 1 heterocycles. The van der Waals surface area contributed by atoms with E-state index in [-0.39, 0.29) is 28.5 Å². The van der Waals surface area contributed by atoms with Gasteiger partial charge in [-0.2, -0.15) is 15.8 Å². The second-order valence-corrected chi connectivity index (χ2v) is 11.7. The van der Waals surface area contributed by atoms with Crippen molar-refractivity contribution in [2.24, 2.45) is 5.92 Å². The summed E-state index contributed by atoms with van der Waals surface area (Å²) in [6.45, 7) is 11.7. The summed E-state index contributed by atoms with van der Waals surface area (Å²) in [6.07, 6.45) is 11.8. The Morgan fingerprint density at radius 3 is 2.23 bits per heavy atom. The fourth-order valence-electron chi connectivity index (χ4n) is 6.27. The van der Waals surface area contributed by atoms with Gasteiger partial charge in [0.1, 0.15) is 6.07 Å².